The zero-order chi connectivity index (χ0) is 12.2. The Morgan fingerprint density at radius 2 is 1.69 bits per heavy atom. The van der Waals surface area contributed by atoms with E-state index in [0.717, 1.165) is 32.4 Å². The van der Waals surface area contributed by atoms with E-state index in [1.807, 2.05) is 0 Å². The molecule has 0 saturated heterocycles. The highest BCUT2D eigenvalue weighted by atomic mass is 16.1. The lowest BCUT2D eigenvalue weighted by molar-refractivity contribution is -0.121. The van der Waals surface area contributed by atoms with E-state index in [0.29, 0.717) is 6.42 Å². The summed E-state index contributed by atoms with van der Waals surface area (Å²) in [5, 5.41) is 2.96. The number of amides is 1. The smallest absolute Gasteiger partial charge is 0.219 e. The Morgan fingerprint density at radius 3 is 2.31 bits per heavy atom. The molecule has 0 saturated carbocycles. The van der Waals surface area contributed by atoms with Crippen molar-refractivity contribution < 1.29 is 4.79 Å². The number of carbonyl (C=O) groups is 1. The molecular weight excluding hydrogens is 200 g/mol. The molecule has 3 heteroatoms. The quantitative estimate of drug-likeness (QED) is 0.582. The van der Waals surface area contributed by atoms with Crippen LogP contribution in [0.15, 0.2) is 0 Å². The highest BCUT2D eigenvalue weighted by molar-refractivity contribution is 5.75. The van der Waals surface area contributed by atoms with E-state index in [2.05, 4.69) is 31.1 Å². The molecule has 0 atom stereocenters. The van der Waals surface area contributed by atoms with Crippen LogP contribution in [0.25, 0.3) is 0 Å². The zero-order valence-electron chi connectivity index (χ0n) is 11.2. The minimum absolute atomic E-state index is 0.207. The predicted octanol–water partition coefficient (Wildman–Crippen LogP) is 2.41. The fourth-order valence-corrected chi connectivity index (χ4v) is 1.54. The van der Waals surface area contributed by atoms with Gasteiger partial charge < -0.3 is 10.2 Å². The van der Waals surface area contributed by atoms with Crippen molar-refractivity contribution in [1.82, 2.24) is 10.2 Å². The number of nitrogens with zero attached hydrogens (tertiary/aromatic N) is 1. The largest absolute Gasteiger partial charge is 0.356 e. The molecule has 0 aromatic carbocycles. The van der Waals surface area contributed by atoms with E-state index in [-0.39, 0.29) is 5.91 Å². The summed E-state index contributed by atoms with van der Waals surface area (Å²) in [7, 11) is 2.15. The number of rotatable bonds is 10. The van der Waals surface area contributed by atoms with Gasteiger partial charge in [-0.05, 0) is 39.4 Å². The van der Waals surface area contributed by atoms with Crippen molar-refractivity contribution in [3.05, 3.63) is 0 Å². The van der Waals surface area contributed by atoms with E-state index in [1.54, 1.807) is 0 Å². The molecule has 0 spiro atoms. The topological polar surface area (TPSA) is 32.3 Å². The van der Waals surface area contributed by atoms with Crippen LogP contribution in [0.5, 0.6) is 0 Å². The Balaban J connectivity index is 3.28. The van der Waals surface area contributed by atoms with Crippen molar-refractivity contribution >= 4 is 5.91 Å². The van der Waals surface area contributed by atoms with Gasteiger partial charge in [0.2, 0.25) is 5.91 Å². The summed E-state index contributed by atoms with van der Waals surface area (Å²) in [5.74, 6) is 0.207. The first-order chi connectivity index (χ1) is 7.70. The second-order valence-electron chi connectivity index (χ2n) is 4.46. The summed E-state index contributed by atoms with van der Waals surface area (Å²) in [5.41, 5.74) is 0. The second-order valence-corrected chi connectivity index (χ2v) is 4.46. The van der Waals surface area contributed by atoms with Crippen molar-refractivity contribution in [2.45, 2.75) is 52.4 Å². The Hall–Kier alpha value is -0.570. The van der Waals surface area contributed by atoms with Crippen LogP contribution in [0.1, 0.15) is 52.4 Å². The number of hydrogen-bond donors (Lipinski definition) is 1. The van der Waals surface area contributed by atoms with Gasteiger partial charge in [0.25, 0.3) is 0 Å². The number of hydrogen-bond acceptors (Lipinski definition) is 2. The normalized spacial score (nSPS) is 10.8. The van der Waals surface area contributed by atoms with Crippen molar-refractivity contribution in [3.63, 3.8) is 0 Å². The van der Waals surface area contributed by atoms with Crippen LogP contribution >= 0.6 is 0 Å². The van der Waals surface area contributed by atoms with Gasteiger partial charge in [-0.1, -0.05) is 26.7 Å². The summed E-state index contributed by atoms with van der Waals surface area (Å²) in [6.07, 6.45) is 6.34. The molecule has 96 valence electrons. The van der Waals surface area contributed by atoms with Crippen molar-refractivity contribution in [2.75, 3.05) is 26.7 Å². The van der Waals surface area contributed by atoms with Gasteiger partial charge in [0, 0.05) is 13.0 Å². The van der Waals surface area contributed by atoms with Crippen LogP contribution in [0.2, 0.25) is 0 Å². The van der Waals surface area contributed by atoms with Gasteiger partial charge in [0.05, 0.1) is 0 Å². The molecular formula is C13H28N2O. The van der Waals surface area contributed by atoms with Crippen LogP contribution in [0.3, 0.4) is 0 Å². The molecule has 1 N–H and O–H groups in total. The Morgan fingerprint density at radius 1 is 1.06 bits per heavy atom. The molecule has 0 aliphatic heterocycles. The molecule has 0 unspecified atom stereocenters. The van der Waals surface area contributed by atoms with Crippen LogP contribution < -0.4 is 5.32 Å². The highest BCUT2D eigenvalue weighted by Crippen LogP contribution is 1.94. The zero-order valence-corrected chi connectivity index (χ0v) is 11.2. The molecule has 0 bridgehead atoms. The molecule has 0 aromatic rings. The SMILES string of the molecule is CCCCC(=O)NCCCN(C)CCCC. The molecule has 0 radical (unpaired) electrons. The molecule has 0 rings (SSSR count). The van der Waals surface area contributed by atoms with E-state index < -0.39 is 0 Å². The molecule has 1 amide bonds. The first-order valence-corrected chi connectivity index (χ1v) is 6.66. The van der Waals surface area contributed by atoms with Gasteiger partial charge in [-0.25, -0.2) is 0 Å². The maximum Gasteiger partial charge on any atom is 0.219 e. The first kappa shape index (κ1) is 15.4. The van der Waals surface area contributed by atoms with Crippen LogP contribution in [-0.4, -0.2) is 37.5 Å². The molecule has 16 heavy (non-hydrogen) atoms. The van der Waals surface area contributed by atoms with Gasteiger partial charge in [-0.3, -0.25) is 4.79 Å². The molecule has 0 aliphatic rings. The standard InChI is InChI=1S/C13H28N2O/c1-4-6-9-13(16)14-10-8-12-15(3)11-7-5-2/h4-12H2,1-3H3,(H,14,16). The van der Waals surface area contributed by atoms with Gasteiger partial charge in [-0.15, -0.1) is 0 Å². The van der Waals surface area contributed by atoms with Gasteiger partial charge in [-0.2, -0.15) is 0 Å². The van der Waals surface area contributed by atoms with Crippen molar-refractivity contribution in [1.29, 1.82) is 0 Å². The lowest BCUT2D eigenvalue weighted by Gasteiger charge is -2.15. The van der Waals surface area contributed by atoms with Crippen LogP contribution in [0, 0.1) is 0 Å². The molecule has 0 aliphatic carbocycles. The third-order valence-corrected chi connectivity index (χ3v) is 2.69. The van der Waals surface area contributed by atoms with Crippen LogP contribution in [0.4, 0.5) is 0 Å². The summed E-state index contributed by atoms with van der Waals surface area (Å²) >= 11 is 0. The van der Waals surface area contributed by atoms with Crippen LogP contribution in [-0.2, 0) is 4.79 Å². The molecule has 0 heterocycles. The molecule has 0 fully saturated rings. The van der Waals surface area contributed by atoms with Crippen molar-refractivity contribution in [3.8, 4) is 0 Å². The van der Waals surface area contributed by atoms with E-state index >= 15 is 0 Å². The summed E-state index contributed by atoms with van der Waals surface area (Å²) in [6, 6.07) is 0. The van der Waals surface area contributed by atoms with Gasteiger partial charge in [0.15, 0.2) is 0 Å². The third kappa shape index (κ3) is 9.97. The maximum absolute atomic E-state index is 11.3. The lowest BCUT2D eigenvalue weighted by Crippen LogP contribution is -2.28. The highest BCUT2D eigenvalue weighted by Gasteiger charge is 2.00. The first-order valence-electron chi connectivity index (χ1n) is 6.66. The molecule has 0 aromatic heterocycles. The minimum atomic E-state index is 0.207. The van der Waals surface area contributed by atoms with Gasteiger partial charge in [0.1, 0.15) is 0 Å². The predicted molar refractivity (Wildman–Crippen MR) is 69.6 cm³/mol. The number of nitrogens with one attached hydrogen (secondary N) is 1. The van der Waals surface area contributed by atoms with E-state index in [9.17, 15) is 4.79 Å². The average molecular weight is 228 g/mol. The summed E-state index contributed by atoms with van der Waals surface area (Å²) in [6.45, 7) is 7.38. The summed E-state index contributed by atoms with van der Waals surface area (Å²) in [4.78, 5) is 13.6. The van der Waals surface area contributed by atoms with E-state index in [1.165, 1.54) is 19.4 Å². The monoisotopic (exact) mass is 228 g/mol. The fraction of sp³-hybridized carbons (Fsp3) is 0.923. The number of unbranched alkanes of at least 4 members (excludes halogenated alkanes) is 2. The Labute approximate surface area is 101 Å². The lowest BCUT2D eigenvalue weighted by atomic mass is 10.2. The molecule has 3 nitrogen and oxygen atoms in total. The second kappa shape index (κ2) is 10.9. The minimum Gasteiger partial charge on any atom is -0.356 e. The fourth-order valence-electron chi connectivity index (χ4n) is 1.54. The Bertz CT molecular complexity index is 171. The number of carbonyl (C=O) groups excluding carboxylic acids is 1. The Kier molecular flexibility index (Phi) is 10.5. The van der Waals surface area contributed by atoms with E-state index in [4.69, 9.17) is 0 Å². The third-order valence-electron chi connectivity index (χ3n) is 2.69. The van der Waals surface area contributed by atoms with Crippen molar-refractivity contribution in [2.24, 2.45) is 0 Å². The average Bonchev–Trinajstić information content (AvgIpc) is 2.29. The maximum atomic E-state index is 11.3. The van der Waals surface area contributed by atoms with Gasteiger partial charge >= 0.3 is 0 Å². The summed E-state index contributed by atoms with van der Waals surface area (Å²) < 4.78 is 0.